The number of para-hydroxylation sites is 2. The first-order valence-corrected chi connectivity index (χ1v) is 9.31. The lowest BCUT2D eigenvalue weighted by Gasteiger charge is -2.09. The third-order valence-corrected chi connectivity index (χ3v) is 5.02. The van der Waals surface area contributed by atoms with E-state index in [9.17, 15) is 4.79 Å². The Morgan fingerprint density at radius 3 is 2.64 bits per heavy atom. The predicted molar refractivity (Wildman–Crippen MR) is 99.8 cm³/mol. The normalized spacial score (nSPS) is 10.9. The van der Waals surface area contributed by atoms with Crippen LogP contribution in [-0.4, -0.2) is 26.4 Å². The smallest absolute Gasteiger partial charge is 0.243 e. The number of aromatic nitrogens is 2. The van der Waals surface area contributed by atoms with Crippen molar-refractivity contribution in [3.05, 3.63) is 60.2 Å². The molecule has 3 rings (SSSR count). The Kier molecular flexibility index (Phi) is 6.09. The van der Waals surface area contributed by atoms with Gasteiger partial charge in [-0.25, -0.2) is 10.5 Å². The van der Waals surface area contributed by atoms with E-state index in [1.807, 2.05) is 36.4 Å². The molecule has 1 heterocycles. The number of nitrogens with one attached hydrogen (secondary N) is 1. The zero-order chi connectivity index (χ0) is 17.5. The molecule has 5 nitrogen and oxygen atoms in total. The molecule has 130 valence electrons. The van der Waals surface area contributed by atoms with Crippen LogP contribution in [0.15, 0.2) is 59.8 Å². The maximum absolute atomic E-state index is 11.0. The van der Waals surface area contributed by atoms with Crippen LogP contribution in [0, 0.1) is 0 Å². The molecule has 2 N–H and O–H groups in total. The fourth-order valence-corrected chi connectivity index (χ4v) is 3.70. The van der Waals surface area contributed by atoms with Gasteiger partial charge in [-0.2, -0.15) is 0 Å². The molecular formula is C19H21N3O2S. The van der Waals surface area contributed by atoms with Crippen LogP contribution in [0.5, 0.6) is 0 Å². The van der Waals surface area contributed by atoms with Gasteiger partial charge < -0.3 is 4.57 Å². The minimum Gasteiger partial charge on any atom is -0.314 e. The topological polar surface area (TPSA) is 67.2 Å². The summed E-state index contributed by atoms with van der Waals surface area (Å²) in [5.74, 6) is 0.554. The van der Waals surface area contributed by atoms with Crippen molar-refractivity contribution < 1.29 is 10.0 Å². The van der Waals surface area contributed by atoms with Crippen LogP contribution in [0.3, 0.4) is 0 Å². The average molecular weight is 355 g/mol. The first-order chi connectivity index (χ1) is 12.3. The molecule has 3 aromatic rings. The second-order valence-corrected chi connectivity index (χ2v) is 6.86. The first-order valence-electron chi connectivity index (χ1n) is 8.33. The van der Waals surface area contributed by atoms with Gasteiger partial charge in [-0.05, 0) is 30.5 Å². The molecule has 0 radical (unpaired) electrons. The number of amides is 1. The summed E-state index contributed by atoms with van der Waals surface area (Å²) in [6, 6.07) is 18.5. The van der Waals surface area contributed by atoms with Crippen LogP contribution in [0.4, 0.5) is 0 Å². The van der Waals surface area contributed by atoms with Gasteiger partial charge in [0.2, 0.25) is 5.91 Å². The summed E-state index contributed by atoms with van der Waals surface area (Å²) in [6.45, 7) is 0.788. The molecule has 0 bridgehead atoms. The highest BCUT2D eigenvalue weighted by Gasteiger charge is 2.11. The summed E-state index contributed by atoms with van der Waals surface area (Å²) >= 11 is 1.71. The van der Waals surface area contributed by atoms with Crippen molar-refractivity contribution in [2.24, 2.45) is 0 Å². The highest BCUT2D eigenvalue weighted by atomic mass is 32.2. The third-order valence-electron chi connectivity index (χ3n) is 3.96. The van der Waals surface area contributed by atoms with Crippen LogP contribution in [-0.2, 0) is 11.3 Å². The molecule has 0 spiro atoms. The van der Waals surface area contributed by atoms with Crippen molar-refractivity contribution in [1.29, 1.82) is 0 Å². The lowest BCUT2D eigenvalue weighted by molar-refractivity contribution is -0.129. The van der Waals surface area contributed by atoms with Crippen LogP contribution >= 0.6 is 11.8 Å². The number of nitrogens with zero attached hydrogens (tertiary/aromatic N) is 2. The zero-order valence-corrected chi connectivity index (χ0v) is 14.7. The number of hydrogen-bond donors (Lipinski definition) is 2. The Labute approximate surface area is 151 Å². The quantitative estimate of drug-likeness (QED) is 0.279. The van der Waals surface area contributed by atoms with E-state index in [2.05, 4.69) is 22.8 Å². The van der Waals surface area contributed by atoms with Gasteiger partial charge in [0, 0.05) is 12.2 Å². The number of thioether (sulfide) groups is 1. The number of rotatable bonds is 8. The standard InChI is InChI=1S/C19H21N3O2S/c23-18(21-24)12-6-7-13-25-19-20-16-10-4-5-11-17(16)22(19)14-15-8-2-1-3-9-15/h1-5,8-11,24H,6-7,12-14H2,(H,21,23). The lowest BCUT2D eigenvalue weighted by Crippen LogP contribution is -2.17. The van der Waals surface area contributed by atoms with Gasteiger partial charge >= 0.3 is 0 Å². The maximum atomic E-state index is 11.0. The number of hydroxylamine groups is 1. The average Bonchev–Trinajstić information content (AvgIpc) is 2.99. The molecule has 0 atom stereocenters. The number of hydrogen-bond acceptors (Lipinski definition) is 4. The SMILES string of the molecule is O=C(CCCCSc1nc2ccccc2n1Cc1ccccc1)NO. The molecule has 1 amide bonds. The highest BCUT2D eigenvalue weighted by Crippen LogP contribution is 2.26. The molecule has 1 aromatic heterocycles. The van der Waals surface area contributed by atoms with Crippen molar-refractivity contribution in [3.8, 4) is 0 Å². The Morgan fingerprint density at radius 1 is 1.08 bits per heavy atom. The van der Waals surface area contributed by atoms with E-state index in [0.717, 1.165) is 41.3 Å². The van der Waals surface area contributed by atoms with Crippen LogP contribution < -0.4 is 5.48 Å². The maximum Gasteiger partial charge on any atom is 0.243 e. The van der Waals surface area contributed by atoms with Crippen molar-refractivity contribution in [2.45, 2.75) is 31.0 Å². The van der Waals surface area contributed by atoms with E-state index in [0.29, 0.717) is 6.42 Å². The Morgan fingerprint density at radius 2 is 1.84 bits per heavy atom. The third kappa shape index (κ3) is 4.61. The molecule has 0 saturated heterocycles. The molecule has 0 aliphatic carbocycles. The molecule has 2 aromatic carbocycles. The molecule has 25 heavy (non-hydrogen) atoms. The summed E-state index contributed by atoms with van der Waals surface area (Å²) in [6.07, 6.45) is 1.99. The van der Waals surface area contributed by atoms with Gasteiger partial charge in [-0.3, -0.25) is 10.0 Å². The van der Waals surface area contributed by atoms with E-state index in [1.165, 1.54) is 5.56 Å². The number of carbonyl (C=O) groups excluding carboxylic acids is 1. The van der Waals surface area contributed by atoms with Gasteiger partial charge in [0.1, 0.15) is 0 Å². The molecular weight excluding hydrogens is 334 g/mol. The molecule has 6 heteroatoms. The highest BCUT2D eigenvalue weighted by molar-refractivity contribution is 7.99. The monoisotopic (exact) mass is 355 g/mol. The van der Waals surface area contributed by atoms with Crippen molar-refractivity contribution >= 4 is 28.7 Å². The van der Waals surface area contributed by atoms with E-state index in [-0.39, 0.29) is 5.91 Å². The summed E-state index contributed by atoms with van der Waals surface area (Å²) < 4.78 is 2.25. The van der Waals surface area contributed by atoms with Crippen LogP contribution in [0.1, 0.15) is 24.8 Å². The van der Waals surface area contributed by atoms with Gasteiger partial charge in [0.05, 0.1) is 17.6 Å². The van der Waals surface area contributed by atoms with E-state index in [1.54, 1.807) is 17.2 Å². The lowest BCUT2D eigenvalue weighted by atomic mass is 10.2. The number of benzene rings is 2. The largest absolute Gasteiger partial charge is 0.314 e. The van der Waals surface area contributed by atoms with Gasteiger partial charge in [0.15, 0.2) is 5.16 Å². The van der Waals surface area contributed by atoms with Crippen LogP contribution in [0.25, 0.3) is 11.0 Å². The summed E-state index contributed by atoms with van der Waals surface area (Å²) in [5, 5.41) is 9.51. The summed E-state index contributed by atoms with van der Waals surface area (Å²) in [5.41, 5.74) is 5.04. The Hall–Kier alpha value is -2.31. The van der Waals surface area contributed by atoms with Gasteiger partial charge in [-0.1, -0.05) is 54.2 Å². The first kappa shape index (κ1) is 17.5. The minimum absolute atomic E-state index is 0.332. The molecule has 0 fully saturated rings. The number of fused-ring (bicyclic) bond motifs is 1. The number of imidazole rings is 1. The van der Waals surface area contributed by atoms with E-state index < -0.39 is 0 Å². The van der Waals surface area contributed by atoms with Gasteiger partial charge in [0.25, 0.3) is 0 Å². The van der Waals surface area contributed by atoms with Crippen molar-refractivity contribution in [2.75, 3.05) is 5.75 Å². The molecule has 0 saturated carbocycles. The van der Waals surface area contributed by atoms with Crippen LogP contribution in [0.2, 0.25) is 0 Å². The van der Waals surface area contributed by atoms with Crippen molar-refractivity contribution in [3.63, 3.8) is 0 Å². The Balaban J connectivity index is 1.71. The molecule has 0 aliphatic rings. The van der Waals surface area contributed by atoms with Crippen molar-refractivity contribution in [1.82, 2.24) is 15.0 Å². The number of unbranched alkanes of at least 4 members (excludes halogenated alkanes) is 1. The summed E-state index contributed by atoms with van der Waals surface area (Å²) in [7, 11) is 0. The van der Waals surface area contributed by atoms with E-state index >= 15 is 0 Å². The predicted octanol–water partition coefficient (Wildman–Crippen LogP) is 3.85. The fourth-order valence-electron chi connectivity index (χ4n) is 2.69. The second kappa shape index (κ2) is 8.69. The molecule has 0 aliphatic heterocycles. The fraction of sp³-hybridized carbons (Fsp3) is 0.263. The Bertz CT molecular complexity index is 833. The van der Waals surface area contributed by atoms with Gasteiger partial charge in [-0.15, -0.1) is 0 Å². The second-order valence-electron chi connectivity index (χ2n) is 5.80. The number of carbonyl (C=O) groups is 1. The minimum atomic E-state index is -0.332. The molecule has 0 unspecified atom stereocenters. The summed E-state index contributed by atoms with van der Waals surface area (Å²) in [4.78, 5) is 15.8. The van der Waals surface area contributed by atoms with E-state index in [4.69, 9.17) is 10.2 Å². The zero-order valence-electron chi connectivity index (χ0n) is 13.9.